The number of anilines is 6. The Morgan fingerprint density at radius 1 is 0.410 bits per heavy atom. The molecule has 1 spiro atoms. The van der Waals surface area contributed by atoms with Crippen molar-refractivity contribution in [3.63, 3.8) is 0 Å². The molecule has 2 aliphatic rings. The lowest BCUT2D eigenvalue weighted by atomic mass is 9.64. The van der Waals surface area contributed by atoms with E-state index in [4.69, 9.17) is 4.42 Å². The van der Waals surface area contributed by atoms with Gasteiger partial charge in [0, 0.05) is 27.5 Å². The number of nitrogens with zero attached hydrogens (tertiary/aromatic N) is 2. The van der Waals surface area contributed by atoms with E-state index in [9.17, 15) is 0 Å². The van der Waals surface area contributed by atoms with E-state index in [-0.39, 0.29) is 0 Å². The summed E-state index contributed by atoms with van der Waals surface area (Å²) < 4.78 is 6.95. The van der Waals surface area contributed by atoms with Crippen LogP contribution in [0.15, 0.2) is 217 Å². The molecule has 0 N–H and O–H groups in total. The molecule has 0 bridgehead atoms. The first-order valence-corrected chi connectivity index (χ1v) is 21.1. The average molecular weight is 779 g/mol. The highest BCUT2D eigenvalue weighted by molar-refractivity contribution is 6.18. The molecule has 0 radical (unpaired) electrons. The standard InChI is InChI=1S/C58H38N2O/c1-37-18-16-27-44-45-28-17-33-52(57(45)61-56(37)44)60(40-22-6-3-7-23-40)53-36-49-55(43-26-11-10-25-42(43)53)54-41-24-9-8-19-38(41)34-35-48(54)58(49)46-29-12-14-31-50(46)59(39-20-4-2-5-21-39)51-32-15-13-30-47(51)58/h2-36H,1H3. The Hall–Kier alpha value is -7.88. The number of aryl methyl sites for hydroxylation is 1. The molecule has 10 aromatic carbocycles. The van der Waals surface area contributed by atoms with Crippen molar-refractivity contribution in [1.29, 1.82) is 0 Å². The van der Waals surface area contributed by atoms with E-state index >= 15 is 0 Å². The topological polar surface area (TPSA) is 19.6 Å². The zero-order chi connectivity index (χ0) is 40.2. The Morgan fingerprint density at radius 3 is 1.74 bits per heavy atom. The Kier molecular flexibility index (Phi) is 7.15. The quantitative estimate of drug-likeness (QED) is 0.177. The van der Waals surface area contributed by atoms with Gasteiger partial charge in [-0.2, -0.15) is 0 Å². The highest BCUT2D eigenvalue weighted by atomic mass is 16.3. The molecule has 0 atom stereocenters. The van der Waals surface area contributed by atoms with Crippen molar-refractivity contribution in [3.8, 4) is 11.1 Å². The van der Waals surface area contributed by atoms with Crippen LogP contribution in [0.2, 0.25) is 0 Å². The van der Waals surface area contributed by atoms with Crippen LogP contribution in [0, 0.1) is 6.92 Å². The monoisotopic (exact) mass is 778 g/mol. The van der Waals surface area contributed by atoms with Gasteiger partial charge in [-0.15, -0.1) is 0 Å². The van der Waals surface area contributed by atoms with Gasteiger partial charge in [-0.05, 0) is 111 Å². The highest BCUT2D eigenvalue weighted by Crippen LogP contribution is 2.66. The lowest BCUT2D eigenvalue weighted by Crippen LogP contribution is -2.36. The van der Waals surface area contributed by atoms with Gasteiger partial charge in [-0.1, -0.05) is 164 Å². The molecule has 1 aromatic heterocycles. The minimum Gasteiger partial charge on any atom is -0.454 e. The van der Waals surface area contributed by atoms with E-state index < -0.39 is 5.41 Å². The Bertz CT molecular complexity index is 3520. The van der Waals surface area contributed by atoms with E-state index in [0.29, 0.717) is 0 Å². The van der Waals surface area contributed by atoms with Gasteiger partial charge in [-0.3, -0.25) is 0 Å². The number of hydrogen-bond acceptors (Lipinski definition) is 3. The molecule has 1 aliphatic carbocycles. The number of fused-ring (bicyclic) bond motifs is 16. The van der Waals surface area contributed by atoms with E-state index in [1.165, 1.54) is 66.3 Å². The summed E-state index contributed by atoms with van der Waals surface area (Å²) in [6.45, 7) is 2.13. The largest absolute Gasteiger partial charge is 0.454 e. The van der Waals surface area contributed by atoms with Crippen LogP contribution >= 0.6 is 0 Å². The molecule has 13 rings (SSSR count). The van der Waals surface area contributed by atoms with E-state index in [2.05, 4.69) is 229 Å². The molecule has 61 heavy (non-hydrogen) atoms. The van der Waals surface area contributed by atoms with Crippen LogP contribution in [0.1, 0.15) is 27.8 Å². The number of hydrogen-bond donors (Lipinski definition) is 0. The van der Waals surface area contributed by atoms with Crippen molar-refractivity contribution in [2.45, 2.75) is 12.3 Å². The van der Waals surface area contributed by atoms with E-state index in [0.717, 1.165) is 50.3 Å². The molecule has 1 aliphatic heterocycles. The molecular formula is C58H38N2O. The van der Waals surface area contributed by atoms with Gasteiger partial charge in [0.15, 0.2) is 5.58 Å². The van der Waals surface area contributed by atoms with Crippen LogP contribution in [0.5, 0.6) is 0 Å². The summed E-state index contributed by atoms with van der Waals surface area (Å²) >= 11 is 0. The normalized spacial score (nSPS) is 13.4. The second-order valence-electron chi connectivity index (χ2n) is 16.4. The van der Waals surface area contributed by atoms with Crippen LogP contribution in [0.4, 0.5) is 34.1 Å². The molecule has 3 heteroatoms. The molecule has 0 saturated heterocycles. The van der Waals surface area contributed by atoms with Crippen LogP contribution in [-0.4, -0.2) is 0 Å². The molecule has 0 fully saturated rings. The van der Waals surface area contributed by atoms with Crippen molar-refractivity contribution in [2.75, 3.05) is 9.80 Å². The third-order valence-electron chi connectivity index (χ3n) is 13.3. The third-order valence-corrected chi connectivity index (χ3v) is 13.3. The zero-order valence-corrected chi connectivity index (χ0v) is 33.5. The Balaban J connectivity index is 1.21. The number of furan rings is 1. The molecule has 0 unspecified atom stereocenters. The van der Waals surface area contributed by atoms with Crippen molar-refractivity contribution >= 4 is 77.6 Å². The summed E-state index contributed by atoms with van der Waals surface area (Å²) in [5.74, 6) is 0. The zero-order valence-electron chi connectivity index (χ0n) is 33.5. The van der Waals surface area contributed by atoms with Crippen molar-refractivity contribution < 1.29 is 4.42 Å². The smallest absolute Gasteiger partial charge is 0.159 e. The lowest BCUT2D eigenvalue weighted by Gasteiger charge is -2.45. The van der Waals surface area contributed by atoms with Crippen molar-refractivity contribution in [1.82, 2.24) is 0 Å². The first-order valence-electron chi connectivity index (χ1n) is 21.1. The highest BCUT2D eigenvalue weighted by Gasteiger charge is 2.53. The summed E-state index contributed by atoms with van der Waals surface area (Å²) in [5, 5.41) is 7.13. The van der Waals surface area contributed by atoms with Gasteiger partial charge < -0.3 is 14.2 Å². The van der Waals surface area contributed by atoms with Crippen molar-refractivity contribution in [3.05, 3.63) is 240 Å². The predicted molar refractivity (Wildman–Crippen MR) is 254 cm³/mol. The fourth-order valence-corrected chi connectivity index (χ4v) is 10.9. The average Bonchev–Trinajstić information content (AvgIpc) is 3.86. The number of rotatable bonds is 4. The molecule has 2 heterocycles. The lowest BCUT2D eigenvalue weighted by molar-refractivity contribution is 0.666. The van der Waals surface area contributed by atoms with Crippen LogP contribution < -0.4 is 9.80 Å². The van der Waals surface area contributed by atoms with Crippen LogP contribution in [-0.2, 0) is 5.41 Å². The summed E-state index contributed by atoms with van der Waals surface area (Å²) in [5.41, 5.74) is 16.6. The van der Waals surface area contributed by atoms with Gasteiger partial charge in [-0.25, -0.2) is 0 Å². The minimum absolute atomic E-state index is 0.656. The van der Waals surface area contributed by atoms with Gasteiger partial charge in [0.05, 0.1) is 28.2 Å². The van der Waals surface area contributed by atoms with E-state index in [1.807, 2.05) is 0 Å². The predicted octanol–water partition coefficient (Wildman–Crippen LogP) is 15.8. The fourth-order valence-electron chi connectivity index (χ4n) is 10.9. The fraction of sp³-hybridized carbons (Fsp3) is 0.0345. The number of para-hydroxylation sites is 6. The minimum atomic E-state index is -0.656. The third kappa shape index (κ3) is 4.58. The first-order chi connectivity index (χ1) is 30.2. The second kappa shape index (κ2) is 12.8. The van der Waals surface area contributed by atoms with Gasteiger partial charge in [0.25, 0.3) is 0 Å². The molecule has 286 valence electrons. The molecule has 0 saturated carbocycles. The van der Waals surface area contributed by atoms with Crippen LogP contribution in [0.25, 0.3) is 54.6 Å². The Morgan fingerprint density at radius 2 is 0.984 bits per heavy atom. The summed E-state index contributed by atoms with van der Waals surface area (Å²) in [7, 11) is 0. The summed E-state index contributed by atoms with van der Waals surface area (Å²) in [6, 6.07) is 78.0. The van der Waals surface area contributed by atoms with Gasteiger partial charge in [0.2, 0.25) is 0 Å². The maximum atomic E-state index is 6.95. The van der Waals surface area contributed by atoms with Gasteiger partial charge >= 0.3 is 0 Å². The van der Waals surface area contributed by atoms with Crippen LogP contribution in [0.3, 0.4) is 0 Å². The van der Waals surface area contributed by atoms with Gasteiger partial charge in [0.1, 0.15) is 5.58 Å². The summed E-state index contributed by atoms with van der Waals surface area (Å²) in [6.07, 6.45) is 0. The molecule has 11 aromatic rings. The molecule has 3 nitrogen and oxygen atoms in total. The maximum Gasteiger partial charge on any atom is 0.159 e. The SMILES string of the molecule is Cc1cccc2c1oc1c(N(c3ccccc3)c3cc4c(c5ccccc35)-c3c(ccc5ccccc35)C43c4ccccc4N(c4ccccc4)c4ccccc43)cccc12. The van der Waals surface area contributed by atoms with Crippen molar-refractivity contribution in [2.24, 2.45) is 0 Å². The molecule has 0 amide bonds. The first kappa shape index (κ1) is 34.0. The summed E-state index contributed by atoms with van der Waals surface area (Å²) in [4.78, 5) is 4.89. The maximum absolute atomic E-state index is 6.95. The number of benzene rings is 10. The Labute approximate surface area is 354 Å². The second-order valence-corrected chi connectivity index (χ2v) is 16.4. The van der Waals surface area contributed by atoms with E-state index in [1.54, 1.807) is 0 Å². The molecular weight excluding hydrogens is 741 g/mol.